The number of ether oxygens (including phenoxy) is 1. The number of hydrogen-bond acceptors (Lipinski definition) is 8. The topological polar surface area (TPSA) is 204 Å². The van der Waals surface area contributed by atoms with Crippen molar-refractivity contribution in [1.82, 2.24) is 16.1 Å². The quantitative estimate of drug-likeness (QED) is 0.0251. The van der Waals surface area contributed by atoms with Crippen molar-refractivity contribution in [2.45, 2.75) is 172 Å². The Balaban J connectivity index is 1.93. The Kier molecular flexibility index (Phi) is 23.5. The van der Waals surface area contributed by atoms with E-state index in [2.05, 4.69) is 16.1 Å². The summed E-state index contributed by atoms with van der Waals surface area (Å²) in [6.45, 7) is 0.454. The minimum absolute atomic E-state index is 0.0178. The van der Waals surface area contributed by atoms with Gasteiger partial charge in [-0.25, -0.2) is 4.79 Å². The van der Waals surface area contributed by atoms with Crippen LogP contribution in [0, 0.1) is 0 Å². The number of carboxylic acids is 2. The minimum Gasteiger partial charge on any atom is -0.481 e. The van der Waals surface area contributed by atoms with E-state index in [1.54, 1.807) is 0 Å². The summed E-state index contributed by atoms with van der Waals surface area (Å²) in [5, 5.41) is 32.7. The van der Waals surface area contributed by atoms with Crippen molar-refractivity contribution in [3.8, 4) is 0 Å². The van der Waals surface area contributed by atoms with Gasteiger partial charge < -0.3 is 30.7 Å². The van der Waals surface area contributed by atoms with E-state index >= 15 is 0 Å². The molecular weight excluding hydrogens is 568 g/mol. The second-order valence-electron chi connectivity index (χ2n) is 12.2. The van der Waals surface area contributed by atoms with E-state index in [9.17, 15) is 29.4 Å². The normalized spacial score (nSPS) is 17.1. The maximum absolute atomic E-state index is 12.2. The van der Waals surface area contributed by atoms with Gasteiger partial charge in [0, 0.05) is 25.8 Å². The molecule has 12 heteroatoms. The van der Waals surface area contributed by atoms with Gasteiger partial charge in [-0.05, 0) is 38.5 Å². The maximum atomic E-state index is 12.2. The number of hydrazine groups is 1. The van der Waals surface area contributed by atoms with Crippen LogP contribution in [0.15, 0.2) is 0 Å². The van der Waals surface area contributed by atoms with Gasteiger partial charge in [-0.15, -0.1) is 0 Å². The predicted octanol–water partition coefficient (Wildman–Crippen LogP) is 4.28. The molecule has 44 heavy (non-hydrogen) atoms. The number of nitrogens with one attached hydrogen (secondary N) is 3. The van der Waals surface area contributed by atoms with Gasteiger partial charge in [-0.2, -0.15) is 0 Å². The average molecular weight is 629 g/mol. The van der Waals surface area contributed by atoms with Crippen molar-refractivity contribution in [2.24, 2.45) is 5.84 Å². The molecule has 0 spiro atoms. The Labute approximate surface area is 263 Å². The Morgan fingerprint density at radius 3 is 1.55 bits per heavy atom. The van der Waals surface area contributed by atoms with Crippen molar-refractivity contribution in [1.29, 1.82) is 0 Å². The minimum atomic E-state index is -1.14. The number of rotatable bonds is 31. The summed E-state index contributed by atoms with van der Waals surface area (Å²) < 4.78 is 5.00. The van der Waals surface area contributed by atoms with Gasteiger partial charge in [0.2, 0.25) is 11.8 Å². The Bertz CT molecular complexity index is 800. The van der Waals surface area contributed by atoms with Crippen LogP contribution in [0.2, 0.25) is 0 Å². The fourth-order valence-corrected chi connectivity index (χ4v) is 5.39. The molecule has 2 amide bonds. The zero-order valence-electron chi connectivity index (χ0n) is 26.7. The summed E-state index contributed by atoms with van der Waals surface area (Å²) in [6.07, 6.45) is 19.9. The van der Waals surface area contributed by atoms with E-state index in [1.165, 1.54) is 57.8 Å². The van der Waals surface area contributed by atoms with Gasteiger partial charge in [0.15, 0.2) is 6.29 Å². The lowest BCUT2D eigenvalue weighted by Gasteiger charge is -2.15. The van der Waals surface area contributed by atoms with Crippen LogP contribution < -0.4 is 21.9 Å². The monoisotopic (exact) mass is 628 g/mol. The lowest BCUT2D eigenvalue weighted by Crippen LogP contribution is -2.41. The lowest BCUT2D eigenvalue weighted by molar-refractivity contribution is -0.142. The highest BCUT2D eigenvalue weighted by molar-refractivity contribution is 5.84. The number of nitrogens with two attached hydrogens (primary N) is 1. The fraction of sp³-hybridized carbons (Fsp3) is 0.875. The maximum Gasteiger partial charge on any atom is 0.326 e. The molecule has 4 unspecified atom stereocenters. The van der Waals surface area contributed by atoms with Crippen LogP contribution in [0.1, 0.15) is 148 Å². The molecule has 4 atom stereocenters. The standard InChI is InChI=1S/C32H60N4O8/c33-36-25(30-32(43)44-30)19-17-18-24-34-27(37)23-22-26(31(41)42)35-28(38)20-15-13-11-9-7-5-3-1-2-4-6-8-10-12-14-16-21-29(39)40/h25-26,30,32,36,43H,1-24,33H2,(H,34,37)(H,35,38)(H,39,40)(H,41,42). The highest BCUT2D eigenvalue weighted by Crippen LogP contribution is 2.25. The molecule has 256 valence electrons. The summed E-state index contributed by atoms with van der Waals surface area (Å²) in [4.78, 5) is 46.4. The SMILES string of the molecule is NNC(CCCCNC(=O)CCC(NC(=O)CCCCCCCCCCCCCCCCCCC(=O)O)C(=O)O)C1OC1O. The van der Waals surface area contributed by atoms with E-state index < -0.39 is 24.3 Å². The van der Waals surface area contributed by atoms with E-state index in [0.29, 0.717) is 32.2 Å². The number of amides is 2. The molecule has 1 fully saturated rings. The van der Waals surface area contributed by atoms with Crippen LogP contribution in [-0.4, -0.2) is 70.1 Å². The molecule has 8 N–H and O–H groups in total. The molecule has 0 aromatic heterocycles. The van der Waals surface area contributed by atoms with Crippen LogP contribution >= 0.6 is 0 Å². The van der Waals surface area contributed by atoms with E-state index in [1.807, 2.05) is 0 Å². The summed E-state index contributed by atoms with van der Waals surface area (Å²) in [7, 11) is 0. The van der Waals surface area contributed by atoms with Gasteiger partial charge >= 0.3 is 11.9 Å². The molecule has 1 aliphatic heterocycles. The van der Waals surface area contributed by atoms with Crippen LogP contribution in [0.3, 0.4) is 0 Å². The first kappa shape index (κ1) is 39.7. The van der Waals surface area contributed by atoms with Crippen LogP contribution in [-0.2, 0) is 23.9 Å². The predicted molar refractivity (Wildman–Crippen MR) is 168 cm³/mol. The molecule has 0 aliphatic carbocycles. The third-order valence-electron chi connectivity index (χ3n) is 8.21. The first-order valence-corrected chi connectivity index (χ1v) is 17.0. The second kappa shape index (κ2) is 26.0. The van der Waals surface area contributed by atoms with Gasteiger partial charge in [-0.1, -0.05) is 89.9 Å². The first-order chi connectivity index (χ1) is 21.2. The van der Waals surface area contributed by atoms with Gasteiger partial charge in [0.05, 0.1) is 6.04 Å². The second-order valence-corrected chi connectivity index (χ2v) is 12.2. The largest absolute Gasteiger partial charge is 0.481 e. The number of aliphatic hydroxyl groups is 1. The highest BCUT2D eigenvalue weighted by Gasteiger charge is 2.42. The molecule has 0 radical (unpaired) electrons. The molecule has 1 saturated heterocycles. The molecule has 1 rings (SSSR count). The molecule has 0 aromatic carbocycles. The first-order valence-electron chi connectivity index (χ1n) is 17.0. The molecule has 1 aliphatic rings. The van der Waals surface area contributed by atoms with E-state index in [4.69, 9.17) is 15.7 Å². The van der Waals surface area contributed by atoms with Crippen LogP contribution in [0.25, 0.3) is 0 Å². The fourth-order valence-electron chi connectivity index (χ4n) is 5.39. The van der Waals surface area contributed by atoms with Crippen molar-refractivity contribution in [3.05, 3.63) is 0 Å². The summed E-state index contributed by atoms with van der Waals surface area (Å²) in [5.74, 6) is 3.09. The molecule has 0 aromatic rings. The number of carbonyl (C=O) groups is 4. The number of aliphatic hydroxyl groups excluding tert-OH is 1. The third-order valence-corrected chi connectivity index (χ3v) is 8.21. The van der Waals surface area contributed by atoms with Crippen molar-refractivity contribution < 1.29 is 39.2 Å². The average Bonchev–Trinajstić information content (AvgIpc) is 3.71. The number of hydrogen-bond donors (Lipinski definition) is 7. The highest BCUT2D eigenvalue weighted by atomic mass is 16.7. The van der Waals surface area contributed by atoms with Gasteiger partial charge in [0.1, 0.15) is 12.1 Å². The summed E-state index contributed by atoms with van der Waals surface area (Å²) >= 11 is 0. The third kappa shape index (κ3) is 22.3. The molecule has 12 nitrogen and oxygen atoms in total. The smallest absolute Gasteiger partial charge is 0.326 e. The lowest BCUT2D eigenvalue weighted by atomic mass is 10.0. The Hall–Kier alpha value is -2.28. The van der Waals surface area contributed by atoms with E-state index in [-0.39, 0.29) is 36.8 Å². The van der Waals surface area contributed by atoms with E-state index in [0.717, 1.165) is 51.4 Å². The molecule has 1 heterocycles. The van der Waals surface area contributed by atoms with Crippen LogP contribution in [0.5, 0.6) is 0 Å². The molecule has 0 saturated carbocycles. The number of aliphatic carboxylic acids is 2. The van der Waals surface area contributed by atoms with Gasteiger partial charge in [0.25, 0.3) is 0 Å². The van der Waals surface area contributed by atoms with Crippen molar-refractivity contribution in [2.75, 3.05) is 6.54 Å². The summed E-state index contributed by atoms with van der Waals surface area (Å²) in [5.41, 5.74) is 2.62. The molecule has 0 bridgehead atoms. The molecular formula is C32H60N4O8. The van der Waals surface area contributed by atoms with Crippen molar-refractivity contribution in [3.63, 3.8) is 0 Å². The van der Waals surface area contributed by atoms with Crippen LogP contribution in [0.4, 0.5) is 0 Å². The number of unbranched alkanes of at least 4 members (excludes halogenated alkanes) is 16. The number of carboxylic acid groups (broad SMARTS) is 2. The number of carbonyl (C=O) groups excluding carboxylic acids is 2. The zero-order valence-corrected chi connectivity index (χ0v) is 26.7. The zero-order chi connectivity index (χ0) is 32.4. The Morgan fingerprint density at radius 1 is 0.636 bits per heavy atom. The summed E-state index contributed by atoms with van der Waals surface area (Å²) in [6, 6.07) is -1.21. The Morgan fingerprint density at radius 2 is 1.11 bits per heavy atom. The number of epoxide rings is 1. The van der Waals surface area contributed by atoms with Gasteiger partial charge in [-0.3, -0.25) is 25.7 Å². The van der Waals surface area contributed by atoms with Crippen molar-refractivity contribution >= 4 is 23.8 Å².